The maximum Gasteiger partial charge on any atom is 0.254 e. The van der Waals surface area contributed by atoms with Crippen molar-refractivity contribution >= 4 is 40.7 Å². The number of carbonyl (C=O) groups excluding carboxylic acids is 1. The van der Waals surface area contributed by atoms with Gasteiger partial charge in [-0.25, -0.2) is 0 Å². The molecule has 1 aromatic rings. The van der Waals surface area contributed by atoms with E-state index in [2.05, 4.69) is 5.32 Å². The van der Waals surface area contributed by atoms with Gasteiger partial charge in [0, 0.05) is 11.9 Å². The second-order valence-corrected chi connectivity index (χ2v) is 6.01. The number of alkyl halides is 1. The maximum absolute atomic E-state index is 12.0. The molecule has 1 saturated carbocycles. The number of amides is 1. The molecule has 1 amide bonds. The molecule has 0 spiro atoms. The van der Waals surface area contributed by atoms with Gasteiger partial charge in [-0.15, -0.1) is 11.6 Å². The number of halogens is 3. The third-order valence-corrected chi connectivity index (χ3v) is 4.24. The Morgan fingerprint density at radius 2 is 1.94 bits per heavy atom. The summed E-state index contributed by atoms with van der Waals surface area (Å²) in [6.45, 7) is 0.629. The molecule has 1 aliphatic carbocycles. The summed E-state index contributed by atoms with van der Waals surface area (Å²) in [5.74, 6) is 0.237. The standard InChI is InChI=1S/C13H14Cl3NO/c14-9-5-4-8(6-9)7-17-13(18)12-10(15)2-1-3-11(12)16/h1-3,8-9H,4-7H2,(H,17,18). The summed E-state index contributed by atoms with van der Waals surface area (Å²) in [6, 6.07) is 5.04. The van der Waals surface area contributed by atoms with Crippen molar-refractivity contribution in [3.05, 3.63) is 33.8 Å². The van der Waals surface area contributed by atoms with E-state index in [1.807, 2.05) is 0 Å². The van der Waals surface area contributed by atoms with Crippen LogP contribution in [0.25, 0.3) is 0 Å². The monoisotopic (exact) mass is 305 g/mol. The van der Waals surface area contributed by atoms with Gasteiger partial charge in [0.25, 0.3) is 5.91 Å². The molecule has 18 heavy (non-hydrogen) atoms. The molecule has 1 aliphatic rings. The molecule has 2 unspecified atom stereocenters. The van der Waals surface area contributed by atoms with Crippen LogP contribution in [0.15, 0.2) is 18.2 Å². The predicted octanol–water partition coefficient (Wildman–Crippen LogP) is 4.13. The first-order valence-electron chi connectivity index (χ1n) is 5.94. The third kappa shape index (κ3) is 3.31. The van der Waals surface area contributed by atoms with Gasteiger partial charge in [-0.1, -0.05) is 29.3 Å². The smallest absolute Gasteiger partial charge is 0.254 e. The molecule has 98 valence electrons. The lowest BCUT2D eigenvalue weighted by Gasteiger charge is -2.12. The van der Waals surface area contributed by atoms with Crippen LogP contribution in [0.5, 0.6) is 0 Å². The van der Waals surface area contributed by atoms with Gasteiger partial charge in [-0.05, 0) is 37.3 Å². The zero-order valence-electron chi connectivity index (χ0n) is 9.76. The highest BCUT2D eigenvalue weighted by molar-refractivity contribution is 6.39. The summed E-state index contributed by atoms with van der Waals surface area (Å²) in [5, 5.41) is 3.88. The molecule has 1 N–H and O–H groups in total. The lowest BCUT2D eigenvalue weighted by molar-refractivity contribution is 0.0947. The van der Waals surface area contributed by atoms with Crippen LogP contribution in [-0.4, -0.2) is 17.8 Å². The Balaban J connectivity index is 1.96. The summed E-state index contributed by atoms with van der Waals surface area (Å²) in [5.41, 5.74) is 0.348. The van der Waals surface area contributed by atoms with Gasteiger partial charge < -0.3 is 5.32 Å². The van der Waals surface area contributed by atoms with Crippen molar-refractivity contribution in [3.8, 4) is 0 Å². The summed E-state index contributed by atoms with van der Waals surface area (Å²) in [7, 11) is 0. The normalized spacial score (nSPS) is 23.1. The average molecular weight is 307 g/mol. The summed E-state index contributed by atoms with van der Waals surface area (Å²) in [6.07, 6.45) is 3.04. The van der Waals surface area contributed by atoms with Crippen LogP contribution in [0.4, 0.5) is 0 Å². The van der Waals surface area contributed by atoms with E-state index in [0.29, 0.717) is 28.1 Å². The van der Waals surface area contributed by atoms with Crippen molar-refractivity contribution in [3.63, 3.8) is 0 Å². The number of hydrogen-bond acceptors (Lipinski definition) is 1. The molecule has 5 heteroatoms. The van der Waals surface area contributed by atoms with Crippen LogP contribution < -0.4 is 5.32 Å². The quantitative estimate of drug-likeness (QED) is 0.836. The summed E-state index contributed by atoms with van der Waals surface area (Å²) < 4.78 is 0. The lowest BCUT2D eigenvalue weighted by Crippen LogP contribution is -2.29. The molecular formula is C13H14Cl3NO. The Labute approximate surface area is 122 Å². The largest absolute Gasteiger partial charge is 0.352 e. The average Bonchev–Trinajstić information content (AvgIpc) is 2.72. The number of nitrogens with one attached hydrogen (secondary N) is 1. The van der Waals surface area contributed by atoms with Gasteiger partial charge in [0.1, 0.15) is 0 Å². The molecule has 0 saturated heterocycles. The number of hydrogen-bond donors (Lipinski definition) is 1. The van der Waals surface area contributed by atoms with Crippen molar-refractivity contribution in [1.29, 1.82) is 0 Å². The molecule has 2 rings (SSSR count). The Morgan fingerprint density at radius 3 is 2.50 bits per heavy atom. The van der Waals surface area contributed by atoms with E-state index in [1.165, 1.54) is 0 Å². The van der Waals surface area contributed by atoms with Crippen LogP contribution in [0.3, 0.4) is 0 Å². The molecule has 1 aromatic carbocycles. The fourth-order valence-corrected chi connectivity index (χ4v) is 3.19. The van der Waals surface area contributed by atoms with E-state index in [0.717, 1.165) is 19.3 Å². The predicted molar refractivity (Wildman–Crippen MR) is 75.8 cm³/mol. The fourth-order valence-electron chi connectivity index (χ4n) is 2.24. The zero-order valence-corrected chi connectivity index (χ0v) is 12.0. The first kappa shape index (κ1) is 14.0. The topological polar surface area (TPSA) is 29.1 Å². The SMILES string of the molecule is O=C(NCC1CCC(Cl)C1)c1c(Cl)cccc1Cl. The van der Waals surface area contributed by atoms with E-state index in [4.69, 9.17) is 34.8 Å². The van der Waals surface area contributed by atoms with Crippen LogP contribution in [-0.2, 0) is 0 Å². The Bertz CT molecular complexity index is 430. The minimum Gasteiger partial charge on any atom is -0.352 e. The second kappa shape index (κ2) is 6.14. The van der Waals surface area contributed by atoms with Gasteiger partial charge in [0.15, 0.2) is 0 Å². The molecule has 0 heterocycles. The van der Waals surface area contributed by atoms with Crippen LogP contribution in [0.1, 0.15) is 29.6 Å². The van der Waals surface area contributed by atoms with Crippen molar-refractivity contribution in [2.75, 3.05) is 6.54 Å². The first-order valence-corrected chi connectivity index (χ1v) is 7.13. The fraction of sp³-hybridized carbons (Fsp3) is 0.462. The molecule has 0 bridgehead atoms. The zero-order chi connectivity index (χ0) is 13.1. The van der Waals surface area contributed by atoms with E-state index in [9.17, 15) is 4.79 Å². The lowest BCUT2D eigenvalue weighted by atomic mass is 10.1. The highest BCUT2D eigenvalue weighted by Crippen LogP contribution is 2.29. The molecule has 2 nitrogen and oxygen atoms in total. The Kier molecular flexibility index (Phi) is 4.77. The Morgan fingerprint density at radius 1 is 1.28 bits per heavy atom. The van der Waals surface area contributed by atoms with Crippen LogP contribution in [0.2, 0.25) is 10.0 Å². The molecule has 2 atom stereocenters. The number of rotatable bonds is 3. The van der Waals surface area contributed by atoms with Gasteiger partial charge in [0.2, 0.25) is 0 Å². The van der Waals surface area contributed by atoms with Gasteiger partial charge >= 0.3 is 0 Å². The van der Waals surface area contributed by atoms with Crippen LogP contribution in [0, 0.1) is 5.92 Å². The molecular weight excluding hydrogens is 293 g/mol. The maximum atomic E-state index is 12.0. The highest BCUT2D eigenvalue weighted by Gasteiger charge is 2.24. The number of carbonyl (C=O) groups is 1. The van der Waals surface area contributed by atoms with Crippen molar-refractivity contribution < 1.29 is 4.79 Å². The van der Waals surface area contributed by atoms with Crippen molar-refractivity contribution in [1.82, 2.24) is 5.32 Å². The minimum absolute atomic E-state index is 0.219. The molecule has 0 aliphatic heterocycles. The summed E-state index contributed by atoms with van der Waals surface area (Å²) >= 11 is 18.0. The second-order valence-electron chi connectivity index (χ2n) is 4.58. The van der Waals surface area contributed by atoms with E-state index in [-0.39, 0.29) is 11.3 Å². The molecule has 0 aromatic heterocycles. The first-order chi connectivity index (χ1) is 8.58. The van der Waals surface area contributed by atoms with E-state index < -0.39 is 0 Å². The molecule has 0 radical (unpaired) electrons. The van der Waals surface area contributed by atoms with E-state index >= 15 is 0 Å². The summed E-state index contributed by atoms with van der Waals surface area (Å²) in [4.78, 5) is 12.0. The number of benzene rings is 1. The highest BCUT2D eigenvalue weighted by atomic mass is 35.5. The van der Waals surface area contributed by atoms with Crippen molar-refractivity contribution in [2.24, 2.45) is 5.92 Å². The van der Waals surface area contributed by atoms with Gasteiger partial charge in [0.05, 0.1) is 15.6 Å². The van der Waals surface area contributed by atoms with Crippen molar-refractivity contribution in [2.45, 2.75) is 24.6 Å². The van der Waals surface area contributed by atoms with Gasteiger partial charge in [-0.3, -0.25) is 4.79 Å². The van der Waals surface area contributed by atoms with Crippen LogP contribution >= 0.6 is 34.8 Å². The Hall–Kier alpha value is -0.440. The van der Waals surface area contributed by atoms with E-state index in [1.54, 1.807) is 18.2 Å². The molecule has 1 fully saturated rings. The minimum atomic E-state index is -0.219. The third-order valence-electron chi connectivity index (χ3n) is 3.22. The van der Waals surface area contributed by atoms with Gasteiger partial charge in [-0.2, -0.15) is 0 Å².